The smallest absolute Gasteiger partial charge is 0.282 e. The number of fused-ring (bicyclic) bond motifs is 1. The number of para-hydroxylation sites is 2. The minimum Gasteiger partial charge on any atom is -0.324 e. The fourth-order valence-electron chi connectivity index (χ4n) is 3.39. The molecule has 8 heteroatoms. The molecule has 0 saturated heterocycles. The van der Waals surface area contributed by atoms with Crippen molar-refractivity contribution in [2.75, 3.05) is 35.7 Å². The summed E-state index contributed by atoms with van der Waals surface area (Å²) in [4.78, 5) is 39.6. The summed E-state index contributed by atoms with van der Waals surface area (Å²) in [5.41, 5.74) is 1.75. The maximum absolute atomic E-state index is 13.0. The summed E-state index contributed by atoms with van der Waals surface area (Å²) in [6.45, 7) is 1.99. The van der Waals surface area contributed by atoms with Crippen LogP contribution in [-0.2, 0) is 14.4 Å². The molecule has 0 spiro atoms. The van der Waals surface area contributed by atoms with E-state index >= 15 is 0 Å². The van der Waals surface area contributed by atoms with Gasteiger partial charge in [0.15, 0.2) is 13.1 Å². The van der Waals surface area contributed by atoms with Gasteiger partial charge in [0.2, 0.25) is 5.91 Å². The lowest BCUT2D eigenvalue weighted by Crippen LogP contribution is -3.11. The van der Waals surface area contributed by atoms with E-state index < -0.39 is 0 Å². The normalized spacial score (nSPS) is 17.0. The van der Waals surface area contributed by atoms with Crippen molar-refractivity contribution in [1.29, 1.82) is 0 Å². The summed E-state index contributed by atoms with van der Waals surface area (Å²) < 4.78 is 13.0. The van der Waals surface area contributed by atoms with E-state index in [1.165, 1.54) is 24.3 Å². The third-order valence-corrected chi connectivity index (χ3v) is 4.67. The summed E-state index contributed by atoms with van der Waals surface area (Å²) in [7, 11) is 1.75. The predicted octanol–water partition coefficient (Wildman–Crippen LogP) is 1.04. The Hall–Kier alpha value is -3.26. The third kappa shape index (κ3) is 5.17. The fraction of sp³-hybridized carbons (Fsp3) is 0.286. The molecule has 7 nitrogen and oxygen atoms in total. The Morgan fingerprint density at radius 2 is 1.86 bits per heavy atom. The van der Waals surface area contributed by atoms with Crippen LogP contribution in [-0.4, -0.2) is 43.9 Å². The van der Waals surface area contributed by atoms with Gasteiger partial charge in [0.05, 0.1) is 18.4 Å². The lowest BCUT2D eigenvalue weighted by atomic mass is 10.1. The molecule has 1 unspecified atom stereocenters. The number of hydrogen-bond donors (Lipinski definition) is 3. The van der Waals surface area contributed by atoms with Crippen molar-refractivity contribution in [3.63, 3.8) is 0 Å². The number of carbonyl (C=O) groups excluding carboxylic acids is 3. The van der Waals surface area contributed by atoms with Crippen LogP contribution in [0.1, 0.15) is 13.3 Å². The number of quaternary nitrogens is 1. The molecule has 2 atom stereocenters. The Labute approximate surface area is 168 Å². The number of amides is 3. The number of anilines is 3. The summed E-state index contributed by atoms with van der Waals surface area (Å²) >= 11 is 0. The van der Waals surface area contributed by atoms with Crippen LogP contribution < -0.4 is 20.4 Å². The number of nitrogens with one attached hydrogen (secondary N) is 3. The fourth-order valence-corrected chi connectivity index (χ4v) is 3.39. The third-order valence-electron chi connectivity index (χ3n) is 4.67. The molecule has 0 bridgehead atoms. The standard InChI is InChI=1S/C21H23FN4O3/c1-14-11-19(27)24-17-5-3-4-6-18(17)26(14)21(29)13-25(2)12-20(28)23-16-9-7-15(22)8-10-16/h3-10,14H,11-13H2,1-2H3,(H,23,28)(H,24,27)/p+1/t14-/m1/s1. The Balaban J connectivity index is 1.64. The Morgan fingerprint density at radius 1 is 1.17 bits per heavy atom. The van der Waals surface area contributed by atoms with E-state index in [1.807, 2.05) is 13.0 Å². The topological polar surface area (TPSA) is 83.0 Å². The highest BCUT2D eigenvalue weighted by atomic mass is 19.1. The average molecular weight is 399 g/mol. The first-order valence-corrected chi connectivity index (χ1v) is 9.41. The SMILES string of the molecule is C[C@@H]1CC(=O)Nc2ccccc2N1C(=O)C[NH+](C)CC(=O)Nc1ccc(F)cc1. The molecule has 3 N–H and O–H groups in total. The first kappa shape index (κ1) is 20.5. The Kier molecular flexibility index (Phi) is 6.23. The van der Waals surface area contributed by atoms with Crippen molar-refractivity contribution in [2.45, 2.75) is 19.4 Å². The molecule has 152 valence electrons. The van der Waals surface area contributed by atoms with Crippen molar-refractivity contribution in [3.8, 4) is 0 Å². The summed E-state index contributed by atoms with van der Waals surface area (Å²) in [5, 5.41) is 5.51. The van der Waals surface area contributed by atoms with Crippen molar-refractivity contribution >= 4 is 34.8 Å². The summed E-state index contributed by atoms with van der Waals surface area (Å²) in [6.07, 6.45) is 0.199. The predicted molar refractivity (Wildman–Crippen MR) is 108 cm³/mol. The van der Waals surface area contributed by atoms with Crippen molar-refractivity contribution in [1.82, 2.24) is 0 Å². The van der Waals surface area contributed by atoms with E-state index in [-0.39, 0.29) is 49.1 Å². The minimum absolute atomic E-state index is 0.0736. The lowest BCUT2D eigenvalue weighted by Gasteiger charge is -2.28. The van der Waals surface area contributed by atoms with E-state index in [4.69, 9.17) is 0 Å². The number of hydrogen-bond acceptors (Lipinski definition) is 3. The van der Waals surface area contributed by atoms with Gasteiger partial charge in [0.1, 0.15) is 5.82 Å². The van der Waals surface area contributed by atoms with Gasteiger partial charge >= 0.3 is 0 Å². The summed E-state index contributed by atoms with van der Waals surface area (Å²) in [5.74, 6) is -0.965. The van der Waals surface area contributed by atoms with Crippen LogP contribution in [0, 0.1) is 5.82 Å². The molecule has 0 saturated carbocycles. The largest absolute Gasteiger partial charge is 0.324 e. The number of halogens is 1. The molecule has 0 radical (unpaired) electrons. The number of nitrogens with zero attached hydrogens (tertiary/aromatic N) is 1. The van der Waals surface area contributed by atoms with Crippen LogP contribution in [0.25, 0.3) is 0 Å². The van der Waals surface area contributed by atoms with Crippen LogP contribution in [0.2, 0.25) is 0 Å². The van der Waals surface area contributed by atoms with E-state index in [0.717, 1.165) is 0 Å². The van der Waals surface area contributed by atoms with Gasteiger partial charge in [-0.15, -0.1) is 0 Å². The Morgan fingerprint density at radius 3 is 2.59 bits per heavy atom. The van der Waals surface area contributed by atoms with Gasteiger partial charge in [-0.25, -0.2) is 4.39 Å². The number of carbonyl (C=O) groups is 3. The monoisotopic (exact) mass is 399 g/mol. The van der Waals surface area contributed by atoms with Crippen molar-refractivity contribution < 1.29 is 23.7 Å². The Bertz CT molecular complexity index is 916. The van der Waals surface area contributed by atoms with E-state index in [0.29, 0.717) is 22.0 Å². The van der Waals surface area contributed by atoms with Crippen molar-refractivity contribution in [2.24, 2.45) is 0 Å². The maximum Gasteiger partial charge on any atom is 0.282 e. The molecule has 0 aromatic heterocycles. The second-order valence-electron chi connectivity index (χ2n) is 7.25. The molecule has 2 aromatic rings. The molecule has 3 rings (SSSR count). The molecular weight excluding hydrogens is 375 g/mol. The minimum atomic E-state index is -0.379. The van der Waals surface area contributed by atoms with Crippen molar-refractivity contribution in [3.05, 3.63) is 54.3 Å². The van der Waals surface area contributed by atoms with Gasteiger partial charge in [0, 0.05) is 18.2 Å². The van der Waals surface area contributed by atoms with E-state index in [9.17, 15) is 18.8 Å². The second-order valence-corrected chi connectivity index (χ2v) is 7.25. The average Bonchev–Trinajstić information content (AvgIpc) is 2.77. The van der Waals surface area contributed by atoms with Gasteiger partial charge in [-0.05, 0) is 43.3 Å². The van der Waals surface area contributed by atoms with Gasteiger partial charge in [0.25, 0.3) is 11.8 Å². The molecular formula is C21H24FN4O3+. The number of benzene rings is 2. The zero-order valence-electron chi connectivity index (χ0n) is 16.4. The quantitative estimate of drug-likeness (QED) is 0.703. The van der Waals surface area contributed by atoms with Gasteiger partial charge in [-0.2, -0.15) is 0 Å². The molecule has 3 amide bonds. The highest BCUT2D eigenvalue weighted by Gasteiger charge is 2.31. The van der Waals surface area contributed by atoms with E-state index in [2.05, 4.69) is 10.6 Å². The van der Waals surface area contributed by atoms with Crippen LogP contribution in [0.3, 0.4) is 0 Å². The van der Waals surface area contributed by atoms with Crippen LogP contribution >= 0.6 is 0 Å². The molecule has 0 aliphatic carbocycles. The van der Waals surface area contributed by atoms with Crippen LogP contribution in [0.4, 0.5) is 21.5 Å². The van der Waals surface area contributed by atoms with Gasteiger partial charge < -0.3 is 20.4 Å². The maximum atomic E-state index is 13.0. The first-order chi connectivity index (χ1) is 13.8. The number of rotatable bonds is 5. The number of likely N-dealkylation sites (N-methyl/N-ethyl adjacent to an activating group) is 1. The molecule has 2 aromatic carbocycles. The zero-order valence-corrected chi connectivity index (χ0v) is 16.4. The lowest BCUT2D eigenvalue weighted by molar-refractivity contribution is -0.862. The van der Waals surface area contributed by atoms with Crippen LogP contribution in [0.5, 0.6) is 0 Å². The van der Waals surface area contributed by atoms with Crippen LogP contribution in [0.15, 0.2) is 48.5 Å². The second kappa shape index (κ2) is 8.83. The van der Waals surface area contributed by atoms with E-state index in [1.54, 1.807) is 30.1 Å². The molecule has 1 heterocycles. The zero-order chi connectivity index (χ0) is 21.0. The highest BCUT2D eigenvalue weighted by Crippen LogP contribution is 2.30. The molecule has 29 heavy (non-hydrogen) atoms. The molecule has 1 aliphatic heterocycles. The summed E-state index contributed by atoms with van der Waals surface area (Å²) in [6, 6.07) is 12.4. The van der Waals surface area contributed by atoms with Gasteiger partial charge in [-0.1, -0.05) is 12.1 Å². The first-order valence-electron chi connectivity index (χ1n) is 9.41. The molecule has 0 fully saturated rings. The van der Waals surface area contributed by atoms with Gasteiger partial charge in [-0.3, -0.25) is 14.4 Å². The highest BCUT2D eigenvalue weighted by molar-refractivity contribution is 6.04. The molecule has 1 aliphatic rings.